The molecular formula is C11H22N4. The molecule has 3 N–H and O–H groups in total. The van der Waals surface area contributed by atoms with Crippen molar-refractivity contribution in [1.29, 1.82) is 0 Å². The minimum Gasteiger partial charge on any atom is -0.311 e. The Morgan fingerprint density at radius 2 is 2.33 bits per heavy atom. The predicted molar refractivity (Wildman–Crippen MR) is 62.8 cm³/mol. The second-order valence-electron chi connectivity index (χ2n) is 4.36. The van der Waals surface area contributed by atoms with Crippen molar-refractivity contribution in [3.63, 3.8) is 0 Å². The van der Waals surface area contributed by atoms with E-state index in [1.165, 1.54) is 0 Å². The van der Waals surface area contributed by atoms with Crippen LogP contribution in [0.1, 0.15) is 6.92 Å². The molecule has 2 atom stereocenters. The molecule has 0 aromatic rings. The highest BCUT2D eigenvalue weighted by molar-refractivity contribution is 5.23. The van der Waals surface area contributed by atoms with E-state index in [-0.39, 0.29) is 0 Å². The molecule has 2 rings (SSSR count). The van der Waals surface area contributed by atoms with Gasteiger partial charge in [0, 0.05) is 38.4 Å². The predicted octanol–water partition coefficient (Wildman–Crippen LogP) is -0.645. The summed E-state index contributed by atoms with van der Waals surface area (Å²) in [7, 11) is 2.19. The lowest BCUT2D eigenvalue weighted by molar-refractivity contribution is 0.325. The zero-order valence-corrected chi connectivity index (χ0v) is 9.71. The van der Waals surface area contributed by atoms with Gasteiger partial charge in [-0.3, -0.25) is 4.90 Å². The van der Waals surface area contributed by atoms with Gasteiger partial charge in [-0.25, -0.2) is 0 Å². The molecule has 1 fully saturated rings. The Bertz CT molecular complexity index is 239. The lowest BCUT2D eigenvalue weighted by atomic mass is 9.96. The Labute approximate surface area is 92.1 Å². The first-order chi connectivity index (χ1) is 7.33. The van der Waals surface area contributed by atoms with E-state index in [4.69, 9.17) is 0 Å². The van der Waals surface area contributed by atoms with E-state index in [1.54, 1.807) is 5.57 Å². The third-order valence-corrected chi connectivity index (χ3v) is 3.30. The molecule has 1 saturated heterocycles. The standard InChI is InChI=1S/C11H22N4/c1-3-14-10-6-12-5-4-9(10)11-7-13-8-15(11)2/h4,10-14H,3,5-8H2,1-2H3. The molecule has 0 aliphatic carbocycles. The van der Waals surface area contributed by atoms with Crippen LogP contribution >= 0.6 is 0 Å². The fourth-order valence-corrected chi connectivity index (χ4v) is 2.50. The van der Waals surface area contributed by atoms with Gasteiger partial charge in [-0.05, 0) is 19.2 Å². The van der Waals surface area contributed by atoms with Gasteiger partial charge in [0.2, 0.25) is 0 Å². The molecule has 4 heteroatoms. The lowest BCUT2D eigenvalue weighted by Gasteiger charge is -2.32. The van der Waals surface area contributed by atoms with Crippen LogP contribution in [0.2, 0.25) is 0 Å². The van der Waals surface area contributed by atoms with Crippen LogP contribution < -0.4 is 16.0 Å². The first-order valence-electron chi connectivity index (χ1n) is 5.88. The Hall–Kier alpha value is -0.420. The molecule has 0 spiro atoms. The topological polar surface area (TPSA) is 39.3 Å². The second-order valence-corrected chi connectivity index (χ2v) is 4.36. The first-order valence-corrected chi connectivity index (χ1v) is 5.88. The SMILES string of the molecule is CCNC1CNCC=C1C1CNCN1C. The quantitative estimate of drug-likeness (QED) is 0.542. The van der Waals surface area contributed by atoms with E-state index in [1.807, 2.05) is 0 Å². The number of nitrogens with zero attached hydrogens (tertiary/aromatic N) is 1. The summed E-state index contributed by atoms with van der Waals surface area (Å²) < 4.78 is 0. The van der Waals surface area contributed by atoms with Crippen molar-refractivity contribution in [2.45, 2.75) is 19.0 Å². The molecule has 15 heavy (non-hydrogen) atoms. The van der Waals surface area contributed by atoms with Gasteiger partial charge in [-0.1, -0.05) is 13.0 Å². The van der Waals surface area contributed by atoms with Crippen LogP contribution in [0.4, 0.5) is 0 Å². The normalized spacial score (nSPS) is 33.1. The van der Waals surface area contributed by atoms with Gasteiger partial charge in [0.05, 0.1) is 0 Å². The summed E-state index contributed by atoms with van der Waals surface area (Å²) in [6.07, 6.45) is 2.35. The fourth-order valence-electron chi connectivity index (χ4n) is 2.50. The Kier molecular flexibility index (Phi) is 3.75. The average Bonchev–Trinajstić information content (AvgIpc) is 2.66. The number of hydrogen-bond acceptors (Lipinski definition) is 4. The maximum absolute atomic E-state index is 3.55. The highest BCUT2D eigenvalue weighted by atomic mass is 15.3. The summed E-state index contributed by atoms with van der Waals surface area (Å²) in [5.41, 5.74) is 1.56. The van der Waals surface area contributed by atoms with Gasteiger partial charge >= 0.3 is 0 Å². The van der Waals surface area contributed by atoms with Gasteiger partial charge in [0.1, 0.15) is 0 Å². The van der Waals surface area contributed by atoms with Crippen molar-refractivity contribution in [2.24, 2.45) is 0 Å². The molecule has 0 amide bonds. The fraction of sp³-hybridized carbons (Fsp3) is 0.818. The van der Waals surface area contributed by atoms with Crippen molar-refractivity contribution in [2.75, 3.05) is 39.9 Å². The number of likely N-dealkylation sites (N-methyl/N-ethyl adjacent to an activating group) is 2. The van der Waals surface area contributed by atoms with E-state index in [0.717, 1.165) is 32.8 Å². The van der Waals surface area contributed by atoms with E-state index < -0.39 is 0 Å². The van der Waals surface area contributed by atoms with Crippen LogP contribution in [0, 0.1) is 0 Å². The van der Waals surface area contributed by atoms with Crippen LogP contribution in [0.5, 0.6) is 0 Å². The third-order valence-electron chi connectivity index (χ3n) is 3.30. The lowest BCUT2D eigenvalue weighted by Crippen LogP contribution is -2.48. The summed E-state index contributed by atoms with van der Waals surface area (Å²) in [5.74, 6) is 0. The molecule has 4 nitrogen and oxygen atoms in total. The molecule has 0 saturated carbocycles. The first kappa shape index (κ1) is 11.1. The van der Waals surface area contributed by atoms with Crippen LogP contribution in [0.3, 0.4) is 0 Å². The maximum atomic E-state index is 3.55. The monoisotopic (exact) mass is 210 g/mol. The zero-order chi connectivity index (χ0) is 10.7. The van der Waals surface area contributed by atoms with Crippen LogP contribution in [0.15, 0.2) is 11.6 Å². The van der Waals surface area contributed by atoms with E-state index >= 15 is 0 Å². The van der Waals surface area contributed by atoms with Gasteiger partial charge in [-0.2, -0.15) is 0 Å². The molecule has 0 bridgehead atoms. The zero-order valence-electron chi connectivity index (χ0n) is 9.71. The van der Waals surface area contributed by atoms with Crippen LogP contribution in [0.25, 0.3) is 0 Å². The summed E-state index contributed by atoms with van der Waals surface area (Å²) in [5, 5.41) is 10.4. The summed E-state index contributed by atoms with van der Waals surface area (Å²) in [4.78, 5) is 2.39. The van der Waals surface area contributed by atoms with Crippen molar-refractivity contribution >= 4 is 0 Å². The highest BCUT2D eigenvalue weighted by Crippen LogP contribution is 2.17. The molecule has 86 valence electrons. The number of rotatable bonds is 3. The molecule has 0 aromatic heterocycles. The Balaban J connectivity index is 2.06. The van der Waals surface area contributed by atoms with Crippen molar-refractivity contribution in [1.82, 2.24) is 20.9 Å². The van der Waals surface area contributed by atoms with Crippen molar-refractivity contribution in [3.8, 4) is 0 Å². The molecule has 2 heterocycles. The molecule has 0 aromatic carbocycles. The maximum Gasteiger partial charge on any atom is 0.0484 e. The van der Waals surface area contributed by atoms with E-state index in [0.29, 0.717) is 12.1 Å². The van der Waals surface area contributed by atoms with Gasteiger partial charge < -0.3 is 16.0 Å². The summed E-state index contributed by atoms with van der Waals surface area (Å²) in [6, 6.07) is 1.09. The summed E-state index contributed by atoms with van der Waals surface area (Å²) in [6.45, 7) is 7.38. The smallest absolute Gasteiger partial charge is 0.0484 e. The molecule has 2 unspecified atom stereocenters. The molecule has 0 radical (unpaired) electrons. The van der Waals surface area contributed by atoms with Crippen molar-refractivity contribution in [3.05, 3.63) is 11.6 Å². The van der Waals surface area contributed by atoms with Crippen LogP contribution in [-0.4, -0.2) is 56.9 Å². The van der Waals surface area contributed by atoms with Gasteiger partial charge in [0.15, 0.2) is 0 Å². The molecule has 2 aliphatic heterocycles. The minimum atomic E-state index is 0.510. The minimum absolute atomic E-state index is 0.510. The Morgan fingerprint density at radius 3 is 3.00 bits per heavy atom. The van der Waals surface area contributed by atoms with Crippen molar-refractivity contribution < 1.29 is 0 Å². The van der Waals surface area contributed by atoms with Gasteiger partial charge in [-0.15, -0.1) is 0 Å². The van der Waals surface area contributed by atoms with Crippen LogP contribution in [-0.2, 0) is 0 Å². The van der Waals surface area contributed by atoms with E-state index in [9.17, 15) is 0 Å². The number of hydrogen-bond donors (Lipinski definition) is 3. The van der Waals surface area contributed by atoms with E-state index in [2.05, 4.69) is 40.9 Å². The third kappa shape index (κ3) is 2.39. The summed E-state index contributed by atoms with van der Waals surface area (Å²) >= 11 is 0. The highest BCUT2D eigenvalue weighted by Gasteiger charge is 2.29. The number of nitrogens with one attached hydrogen (secondary N) is 3. The largest absolute Gasteiger partial charge is 0.311 e. The van der Waals surface area contributed by atoms with Gasteiger partial charge in [0.25, 0.3) is 0 Å². The Morgan fingerprint density at radius 1 is 1.47 bits per heavy atom. The second kappa shape index (κ2) is 5.07. The molecule has 2 aliphatic rings. The molecular weight excluding hydrogens is 188 g/mol. The average molecular weight is 210 g/mol.